The lowest BCUT2D eigenvalue weighted by Gasteiger charge is -2.13. The molecule has 0 spiro atoms. The number of rotatable bonds is 2. The number of nitrogens with one attached hydrogen (secondary N) is 1. The minimum Gasteiger partial charge on any atom is -0.390 e. The Kier molecular flexibility index (Phi) is 3.80. The maximum Gasteiger partial charge on any atom is 0.253 e. The van der Waals surface area contributed by atoms with E-state index in [0.717, 1.165) is 0 Å². The number of benzene rings is 1. The van der Waals surface area contributed by atoms with Crippen molar-refractivity contribution in [3.05, 3.63) is 41.3 Å². The van der Waals surface area contributed by atoms with Crippen molar-refractivity contribution in [1.29, 1.82) is 0 Å². The Balaban J connectivity index is 1.84. The molecule has 1 aliphatic rings. The number of carbonyl (C=O) groups excluding carboxylic acids is 1. The van der Waals surface area contributed by atoms with Crippen molar-refractivity contribution < 1.29 is 19.4 Å². The molecule has 3 atom stereocenters. The lowest BCUT2D eigenvalue weighted by molar-refractivity contribution is 0.0438. The third-order valence-corrected chi connectivity index (χ3v) is 4.05. The zero-order valence-electron chi connectivity index (χ0n) is 12.1. The van der Waals surface area contributed by atoms with E-state index in [4.69, 9.17) is 0 Å². The van der Waals surface area contributed by atoms with Crippen LogP contribution in [0.25, 0.3) is 10.9 Å². The van der Waals surface area contributed by atoms with Gasteiger partial charge in [-0.25, -0.2) is 4.39 Å². The molecule has 1 aromatic heterocycles. The molecule has 1 aliphatic carbocycles. The Hall–Kier alpha value is -2.05. The van der Waals surface area contributed by atoms with Crippen LogP contribution in [-0.2, 0) is 0 Å². The van der Waals surface area contributed by atoms with E-state index in [1.165, 1.54) is 12.1 Å². The van der Waals surface area contributed by atoms with E-state index in [1.54, 1.807) is 19.1 Å². The van der Waals surface area contributed by atoms with Gasteiger partial charge in [-0.15, -0.1) is 0 Å². The second kappa shape index (κ2) is 5.62. The molecule has 0 bridgehead atoms. The number of aliphatic hydroxyl groups excluding tert-OH is 2. The van der Waals surface area contributed by atoms with Crippen LogP contribution in [0.4, 0.5) is 4.39 Å². The average molecular weight is 304 g/mol. The van der Waals surface area contributed by atoms with Gasteiger partial charge in [0, 0.05) is 17.5 Å². The molecule has 2 aromatic rings. The largest absolute Gasteiger partial charge is 0.390 e. The summed E-state index contributed by atoms with van der Waals surface area (Å²) in [7, 11) is 0. The molecular weight excluding hydrogens is 287 g/mol. The number of nitrogens with zero attached hydrogens (tertiary/aromatic N) is 1. The van der Waals surface area contributed by atoms with E-state index < -0.39 is 12.2 Å². The number of hydrogen-bond donors (Lipinski definition) is 3. The third kappa shape index (κ3) is 2.80. The van der Waals surface area contributed by atoms with Gasteiger partial charge in [0.2, 0.25) is 0 Å². The van der Waals surface area contributed by atoms with Gasteiger partial charge in [0.25, 0.3) is 5.91 Å². The van der Waals surface area contributed by atoms with Crippen LogP contribution in [0.1, 0.15) is 28.9 Å². The number of carbonyl (C=O) groups is 1. The van der Waals surface area contributed by atoms with Crippen LogP contribution in [0.15, 0.2) is 24.3 Å². The molecule has 0 saturated heterocycles. The Labute approximate surface area is 126 Å². The van der Waals surface area contributed by atoms with Crippen molar-refractivity contribution in [3.8, 4) is 0 Å². The predicted octanol–water partition coefficient (Wildman–Crippen LogP) is 1.30. The summed E-state index contributed by atoms with van der Waals surface area (Å²) in [6, 6.07) is 5.64. The number of aromatic nitrogens is 1. The van der Waals surface area contributed by atoms with Gasteiger partial charge in [-0.3, -0.25) is 9.78 Å². The van der Waals surface area contributed by atoms with Gasteiger partial charge >= 0.3 is 0 Å². The van der Waals surface area contributed by atoms with E-state index >= 15 is 0 Å². The summed E-state index contributed by atoms with van der Waals surface area (Å²) in [6.07, 6.45) is -0.940. The lowest BCUT2D eigenvalue weighted by atomic mass is 10.1. The first-order valence-corrected chi connectivity index (χ1v) is 7.18. The molecule has 1 saturated carbocycles. The van der Waals surface area contributed by atoms with Gasteiger partial charge in [-0.2, -0.15) is 0 Å². The van der Waals surface area contributed by atoms with E-state index in [0.29, 0.717) is 35.0 Å². The Morgan fingerprint density at radius 3 is 2.64 bits per heavy atom. The lowest BCUT2D eigenvalue weighted by Crippen LogP contribution is -2.34. The number of hydrogen-bond acceptors (Lipinski definition) is 4. The summed E-state index contributed by atoms with van der Waals surface area (Å²) < 4.78 is 13.2. The van der Waals surface area contributed by atoms with Crippen molar-refractivity contribution in [2.45, 2.75) is 38.0 Å². The molecule has 116 valence electrons. The fourth-order valence-corrected chi connectivity index (χ4v) is 2.84. The summed E-state index contributed by atoms with van der Waals surface area (Å²) in [6.45, 7) is 1.69. The number of fused-ring (bicyclic) bond motifs is 1. The molecule has 1 aromatic carbocycles. The Bertz CT molecular complexity index is 725. The minimum atomic E-state index is -0.802. The van der Waals surface area contributed by atoms with Crippen molar-refractivity contribution in [2.75, 3.05) is 0 Å². The molecule has 5 nitrogen and oxygen atoms in total. The molecule has 3 N–H and O–H groups in total. The third-order valence-electron chi connectivity index (χ3n) is 4.05. The maximum absolute atomic E-state index is 13.2. The minimum absolute atomic E-state index is 0.263. The predicted molar refractivity (Wildman–Crippen MR) is 78.9 cm³/mol. The van der Waals surface area contributed by atoms with Crippen LogP contribution < -0.4 is 5.32 Å². The standard InChI is InChI=1S/C16H17FN2O3/c1-8-12(4-9-2-3-10(17)5-13(9)18-8)16(22)19-11-6-14(20)15(21)7-11/h2-5,11,14-15,20-21H,6-7H2,1H3,(H,19,22)/t11?,14-,15+. The van der Waals surface area contributed by atoms with Crippen molar-refractivity contribution in [2.24, 2.45) is 0 Å². The number of aryl methyl sites for hydroxylation is 1. The zero-order chi connectivity index (χ0) is 15.9. The molecule has 0 radical (unpaired) electrons. The Morgan fingerprint density at radius 1 is 1.27 bits per heavy atom. The van der Waals surface area contributed by atoms with Crippen molar-refractivity contribution in [1.82, 2.24) is 10.3 Å². The molecule has 22 heavy (non-hydrogen) atoms. The quantitative estimate of drug-likeness (QED) is 0.781. The molecule has 1 unspecified atom stereocenters. The van der Waals surface area contributed by atoms with E-state index in [-0.39, 0.29) is 17.8 Å². The van der Waals surface area contributed by atoms with Crippen LogP contribution in [0, 0.1) is 12.7 Å². The van der Waals surface area contributed by atoms with Crippen LogP contribution in [0.3, 0.4) is 0 Å². The summed E-state index contributed by atoms with van der Waals surface area (Å²) in [5.74, 6) is -0.673. The fraction of sp³-hybridized carbons (Fsp3) is 0.375. The van der Waals surface area contributed by atoms with Gasteiger partial charge in [0.05, 0.1) is 29.0 Å². The van der Waals surface area contributed by atoms with Gasteiger partial charge in [0.15, 0.2) is 0 Å². The van der Waals surface area contributed by atoms with Crippen molar-refractivity contribution >= 4 is 16.8 Å². The van der Waals surface area contributed by atoms with E-state index in [1.807, 2.05) is 0 Å². The number of amides is 1. The highest BCUT2D eigenvalue weighted by Crippen LogP contribution is 2.22. The molecule has 0 aliphatic heterocycles. The highest BCUT2D eigenvalue weighted by atomic mass is 19.1. The van der Waals surface area contributed by atoms with E-state index in [2.05, 4.69) is 10.3 Å². The monoisotopic (exact) mass is 304 g/mol. The number of pyridine rings is 1. The highest BCUT2D eigenvalue weighted by molar-refractivity contribution is 5.98. The normalized spacial score (nSPS) is 24.6. The van der Waals surface area contributed by atoms with Crippen LogP contribution >= 0.6 is 0 Å². The summed E-state index contributed by atoms with van der Waals surface area (Å²) in [4.78, 5) is 16.6. The summed E-state index contributed by atoms with van der Waals surface area (Å²) in [5, 5.41) is 22.5. The van der Waals surface area contributed by atoms with Crippen LogP contribution in [0.5, 0.6) is 0 Å². The SMILES string of the molecule is Cc1nc2cc(F)ccc2cc1C(=O)NC1C[C@@H](O)[C@@H](O)C1. The topological polar surface area (TPSA) is 82.5 Å². The molecular formula is C16H17FN2O3. The zero-order valence-corrected chi connectivity index (χ0v) is 12.1. The number of halogens is 1. The van der Waals surface area contributed by atoms with Crippen LogP contribution in [-0.4, -0.2) is 39.4 Å². The number of aliphatic hydroxyl groups is 2. The van der Waals surface area contributed by atoms with Crippen molar-refractivity contribution in [3.63, 3.8) is 0 Å². The molecule has 1 amide bonds. The second-order valence-electron chi connectivity index (χ2n) is 5.73. The highest BCUT2D eigenvalue weighted by Gasteiger charge is 2.32. The second-order valence-corrected chi connectivity index (χ2v) is 5.73. The van der Waals surface area contributed by atoms with Gasteiger partial charge in [-0.05, 0) is 38.0 Å². The Morgan fingerprint density at radius 2 is 1.95 bits per heavy atom. The maximum atomic E-state index is 13.2. The fourth-order valence-electron chi connectivity index (χ4n) is 2.84. The first kappa shape index (κ1) is 14.9. The van der Waals surface area contributed by atoms with Gasteiger partial charge in [-0.1, -0.05) is 0 Å². The molecule has 1 heterocycles. The van der Waals surface area contributed by atoms with E-state index in [9.17, 15) is 19.4 Å². The first-order chi connectivity index (χ1) is 10.4. The van der Waals surface area contributed by atoms with Crippen LogP contribution in [0.2, 0.25) is 0 Å². The van der Waals surface area contributed by atoms with Gasteiger partial charge < -0.3 is 15.5 Å². The molecule has 3 rings (SSSR count). The van der Waals surface area contributed by atoms with Gasteiger partial charge in [0.1, 0.15) is 5.82 Å². The smallest absolute Gasteiger partial charge is 0.253 e. The summed E-state index contributed by atoms with van der Waals surface area (Å²) in [5.41, 5.74) is 1.42. The molecule has 6 heteroatoms. The first-order valence-electron chi connectivity index (χ1n) is 7.18. The molecule has 1 fully saturated rings. The summed E-state index contributed by atoms with van der Waals surface area (Å²) >= 11 is 0. The average Bonchev–Trinajstić information content (AvgIpc) is 2.76.